The van der Waals surface area contributed by atoms with Crippen LogP contribution >= 0.6 is 0 Å². The van der Waals surface area contributed by atoms with Gasteiger partial charge in [0.2, 0.25) is 0 Å². The van der Waals surface area contributed by atoms with Crippen molar-refractivity contribution < 1.29 is 0 Å². The van der Waals surface area contributed by atoms with Crippen molar-refractivity contribution in [2.45, 2.75) is 84.6 Å². The van der Waals surface area contributed by atoms with Crippen molar-refractivity contribution in [3.63, 3.8) is 0 Å². The van der Waals surface area contributed by atoms with E-state index >= 15 is 0 Å². The Kier molecular flexibility index (Phi) is 3.72. The molecular formula is C20H33N3. The molecule has 0 spiro atoms. The molecule has 4 aliphatic rings. The number of nitrogens with zero attached hydrogens (tertiary/aromatic N) is 3. The molecule has 4 aliphatic carbocycles. The molecule has 3 nitrogen and oxygen atoms in total. The van der Waals surface area contributed by atoms with Crippen molar-refractivity contribution in [3.05, 3.63) is 10.4 Å². The fraction of sp³-hybridized carbons (Fsp3) is 1.00. The maximum atomic E-state index is 8.96. The molecule has 4 rings (SSSR count). The van der Waals surface area contributed by atoms with Crippen LogP contribution in [0.15, 0.2) is 5.11 Å². The van der Waals surface area contributed by atoms with Gasteiger partial charge >= 0.3 is 0 Å². The fourth-order valence-electron chi connectivity index (χ4n) is 7.71. The summed E-state index contributed by atoms with van der Waals surface area (Å²) in [7, 11) is 0. The Morgan fingerprint density at radius 3 is 2.65 bits per heavy atom. The summed E-state index contributed by atoms with van der Waals surface area (Å²) in [4.78, 5) is 3.17. The second-order valence-electron chi connectivity index (χ2n) is 9.93. The summed E-state index contributed by atoms with van der Waals surface area (Å²) >= 11 is 0. The number of rotatable bonds is 1. The Labute approximate surface area is 141 Å². The third-order valence-corrected chi connectivity index (χ3v) is 9.01. The van der Waals surface area contributed by atoms with Gasteiger partial charge in [-0.2, -0.15) is 0 Å². The summed E-state index contributed by atoms with van der Waals surface area (Å²) < 4.78 is 0. The van der Waals surface area contributed by atoms with Crippen LogP contribution in [0.5, 0.6) is 0 Å². The second kappa shape index (κ2) is 5.41. The SMILES string of the molecule is C[C@@H]1C[C@@H]2CC[C@H]3[C@@H]4CCC[C@@]4(C)CC[C@@H]3[C@@]2(C)C[C@H]1N=[N+]=[N-]. The minimum atomic E-state index is 0.233. The number of fused-ring (bicyclic) bond motifs is 5. The molecule has 3 heteroatoms. The molecule has 4 saturated carbocycles. The van der Waals surface area contributed by atoms with Crippen molar-refractivity contribution >= 4 is 0 Å². The van der Waals surface area contributed by atoms with Crippen LogP contribution in [0.2, 0.25) is 0 Å². The topological polar surface area (TPSA) is 48.8 Å². The largest absolute Gasteiger partial charge is 0.0903 e. The molecule has 0 saturated heterocycles. The average molecular weight is 316 g/mol. The quantitative estimate of drug-likeness (QED) is 0.308. The molecule has 4 fully saturated rings. The summed E-state index contributed by atoms with van der Waals surface area (Å²) in [6.07, 6.45) is 12.6. The minimum Gasteiger partial charge on any atom is -0.0903 e. The lowest BCUT2D eigenvalue weighted by atomic mass is 9.44. The Morgan fingerprint density at radius 1 is 1.04 bits per heavy atom. The van der Waals surface area contributed by atoms with Crippen LogP contribution in [-0.2, 0) is 0 Å². The smallest absolute Gasteiger partial charge is 0.0405 e. The summed E-state index contributed by atoms with van der Waals surface area (Å²) in [6, 6.07) is 0.233. The molecule has 0 N–H and O–H groups in total. The van der Waals surface area contributed by atoms with E-state index < -0.39 is 0 Å². The van der Waals surface area contributed by atoms with Crippen molar-refractivity contribution in [2.24, 2.45) is 45.5 Å². The van der Waals surface area contributed by atoms with Crippen molar-refractivity contribution in [3.8, 4) is 0 Å². The molecule has 0 amide bonds. The summed E-state index contributed by atoms with van der Waals surface area (Å²) in [5.74, 6) is 4.27. The predicted octanol–water partition coefficient (Wildman–Crippen LogP) is 6.34. The van der Waals surface area contributed by atoms with E-state index in [9.17, 15) is 0 Å². The van der Waals surface area contributed by atoms with E-state index in [0.717, 1.165) is 30.1 Å². The Morgan fingerprint density at radius 2 is 1.87 bits per heavy atom. The first-order chi connectivity index (χ1) is 11.0. The highest BCUT2D eigenvalue weighted by atomic mass is 15.2. The van der Waals surface area contributed by atoms with E-state index in [-0.39, 0.29) is 6.04 Å². The third kappa shape index (κ3) is 2.26. The van der Waals surface area contributed by atoms with E-state index in [2.05, 4.69) is 30.8 Å². The molecule has 0 aromatic heterocycles. The predicted molar refractivity (Wildman–Crippen MR) is 93.8 cm³/mol. The van der Waals surface area contributed by atoms with Gasteiger partial charge in [-0.3, -0.25) is 0 Å². The van der Waals surface area contributed by atoms with Gasteiger partial charge in [-0.05, 0) is 97.3 Å². The van der Waals surface area contributed by atoms with Crippen molar-refractivity contribution in [1.82, 2.24) is 0 Å². The van der Waals surface area contributed by atoms with Crippen LogP contribution in [0.25, 0.3) is 10.4 Å². The van der Waals surface area contributed by atoms with Gasteiger partial charge in [0.15, 0.2) is 0 Å². The van der Waals surface area contributed by atoms with Gasteiger partial charge in [-0.1, -0.05) is 32.3 Å². The first kappa shape index (κ1) is 15.8. The zero-order valence-corrected chi connectivity index (χ0v) is 15.2. The van der Waals surface area contributed by atoms with E-state index in [1.54, 1.807) is 0 Å². The average Bonchev–Trinajstić information content (AvgIpc) is 2.91. The lowest BCUT2D eigenvalue weighted by Crippen LogP contribution is -2.54. The molecule has 0 unspecified atom stereocenters. The van der Waals surface area contributed by atoms with Gasteiger partial charge in [0, 0.05) is 11.0 Å². The molecule has 0 radical (unpaired) electrons. The van der Waals surface area contributed by atoms with Gasteiger partial charge < -0.3 is 0 Å². The molecule has 0 heterocycles. The molecule has 0 aromatic carbocycles. The first-order valence-corrected chi connectivity index (χ1v) is 10.0. The van der Waals surface area contributed by atoms with Gasteiger partial charge in [-0.25, -0.2) is 0 Å². The number of azide groups is 1. The van der Waals surface area contributed by atoms with Crippen molar-refractivity contribution in [1.29, 1.82) is 0 Å². The molecule has 128 valence electrons. The first-order valence-electron chi connectivity index (χ1n) is 10.0. The summed E-state index contributed by atoms with van der Waals surface area (Å²) in [5.41, 5.74) is 10.0. The fourth-order valence-corrected chi connectivity index (χ4v) is 7.71. The monoisotopic (exact) mass is 315 g/mol. The van der Waals surface area contributed by atoms with Crippen LogP contribution in [0.1, 0.15) is 78.6 Å². The molecule has 8 atom stereocenters. The maximum Gasteiger partial charge on any atom is 0.0405 e. The van der Waals surface area contributed by atoms with E-state index in [0.29, 0.717) is 16.7 Å². The lowest BCUT2D eigenvalue weighted by molar-refractivity contribution is -0.113. The molecule has 0 bridgehead atoms. The van der Waals surface area contributed by atoms with Crippen LogP contribution < -0.4 is 0 Å². The summed E-state index contributed by atoms with van der Waals surface area (Å²) in [6.45, 7) is 7.46. The zero-order chi connectivity index (χ0) is 16.2. The second-order valence-corrected chi connectivity index (χ2v) is 9.93. The van der Waals surface area contributed by atoms with Gasteiger partial charge in [0.1, 0.15) is 0 Å². The molecule has 0 aliphatic heterocycles. The van der Waals surface area contributed by atoms with E-state index in [1.807, 2.05) is 0 Å². The van der Waals surface area contributed by atoms with Gasteiger partial charge in [0.05, 0.1) is 0 Å². The Bertz CT molecular complexity index is 525. The van der Waals surface area contributed by atoms with Crippen LogP contribution in [0, 0.1) is 40.4 Å². The molecular weight excluding hydrogens is 282 g/mol. The zero-order valence-electron chi connectivity index (χ0n) is 15.2. The van der Waals surface area contributed by atoms with Crippen LogP contribution in [-0.4, -0.2) is 6.04 Å². The molecule has 23 heavy (non-hydrogen) atoms. The van der Waals surface area contributed by atoms with E-state index in [1.165, 1.54) is 51.4 Å². The highest BCUT2D eigenvalue weighted by Crippen LogP contribution is 2.66. The lowest BCUT2D eigenvalue weighted by Gasteiger charge is -2.61. The number of hydrogen-bond acceptors (Lipinski definition) is 1. The maximum absolute atomic E-state index is 8.96. The Hall–Kier alpha value is -0.690. The highest BCUT2D eigenvalue weighted by molar-refractivity contribution is 5.08. The molecule has 0 aromatic rings. The summed E-state index contributed by atoms with van der Waals surface area (Å²) in [5, 5.41) is 4.20. The van der Waals surface area contributed by atoms with Crippen LogP contribution in [0.3, 0.4) is 0 Å². The van der Waals surface area contributed by atoms with Gasteiger partial charge in [0.25, 0.3) is 0 Å². The van der Waals surface area contributed by atoms with E-state index in [4.69, 9.17) is 5.53 Å². The van der Waals surface area contributed by atoms with Crippen molar-refractivity contribution in [2.75, 3.05) is 0 Å². The third-order valence-electron chi connectivity index (χ3n) is 9.01. The normalized spacial score (nSPS) is 55.3. The van der Waals surface area contributed by atoms with Gasteiger partial charge in [-0.15, -0.1) is 0 Å². The van der Waals surface area contributed by atoms with Crippen LogP contribution in [0.4, 0.5) is 0 Å². The highest BCUT2D eigenvalue weighted by Gasteiger charge is 2.58. The Balaban J connectivity index is 1.63. The standard InChI is InChI=1S/C20H33N3/c1-13-11-14-6-7-15-16-5-4-9-19(16,2)10-8-17(15)20(14,3)12-18(13)22-23-21/h13-18H,4-12H2,1-3H3/t13-,14+,15+,16+,17+,18-,19+,20+/m1/s1. The minimum absolute atomic E-state index is 0.233. The number of hydrogen-bond donors (Lipinski definition) is 0.